The van der Waals surface area contributed by atoms with E-state index in [0.717, 1.165) is 22.3 Å². The highest BCUT2D eigenvalue weighted by atomic mass is 16.6. The van der Waals surface area contributed by atoms with Crippen molar-refractivity contribution in [1.82, 2.24) is 5.32 Å². The van der Waals surface area contributed by atoms with Crippen molar-refractivity contribution in [1.29, 1.82) is 0 Å². The van der Waals surface area contributed by atoms with Crippen LogP contribution in [0.15, 0.2) is 42.5 Å². The van der Waals surface area contributed by atoms with Crippen molar-refractivity contribution in [2.24, 2.45) is 5.92 Å². The molecule has 0 radical (unpaired) electrons. The molecule has 0 heterocycles. The number of hydrogen-bond acceptors (Lipinski definition) is 5. The SMILES string of the molecule is Cc1cc(C)c(C(=O)COC(=O)[C@@H](NC(=O)OCc2ccccc2)C(C)C)cc1C. The number of carbonyl (C=O) groups is 3. The molecule has 0 unspecified atom stereocenters. The van der Waals surface area contributed by atoms with Crippen LogP contribution in [0.3, 0.4) is 0 Å². The van der Waals surface area contributed by atoms with E-state index in [0.29, 0.717) is 5.56 Å². The summed E-state index contributed by atoms with van der Waals surface area (Å²) in [6.45, 7) is 9.02. The molecule has 0 spiro atoms. The number of carbonyl (C=O) groups excluding carboxylic acids is 3. The minimum atomic E-state index is -0.915. The minimum absolute atomic E-state index is 0.0943. The fraction of sp³-hybridized carbons (Fsp3) is 0.375. The molecule has 6 heteroatoms. The molecule has 160 valence electrons. The van der Waals surface area contributed by atoms with Crippen LogP contribution in [-0.4, -0.2) is 30.5 Å². The van der Waals surface area contributed by atoms with Crippen LogP contribution in [-0.2, 0) is 20.9 Å². The lowest BCUT2D eigenvalue weighted by Crippen LogP contribution is -2.45. The second kappa shape index (κ2) is 10.6. The number of ether oxygens (including phenoxy) is 2. The summed E-state index contributed by atoms with van der Waals surface area (Å²) in [5.41, 5.74) is 4.30. The monoisotopic (exact) mass is 411 g/mol. The molecule has 0 aliphatic carbocycles. The Morgan fingerprint density at radius 2 is 1.53 bits per heavy atom. The molecule has 1 atom stereocenters. The van der Waals surface area contributed by atoms with Gasteiger partial charge in [-0.05, 0) is 55.0 Å². The summed E-state index contributed by atoms with van der Waals surface area (Å²) >= 11 is 0. The highest BCUT2D eigenvalue weighted by Gasteiger charge is 2.27. The Hall–Kier alpha value is -3.15. The third-order valence-corrected chi connectivity index (χ3v) is 4.89. The topological polar surface area (TPSA) is 81.7 Å². The van der Waals surface area contributed by atoms with E-state index in [9.17, 15) is 14.4 Å². The van der Waals surface area contributed by atoms with Gasteiger partial charge in [-0.3, -0.25) is 4.79 Å². The van der Waals surface area contributed by atoms with Gasteiger partial charge in [-0.1, -0.05) is 50.2 Å². The molecule has 0 saturated carbocycles. The fourth-order valence-corrected chi connectivity index (χ4v) is 2.95. The summed E-state index contributed by atoms with van der Waals surface area (Å²) in [5, 5.41) is 2.53. The van der Waals surface area contributed by atoms with E-state index in [1.54, 1.807) is 19.9 Å². The summed E-state index contributed by atoms with van der Waals surface area (Å²) in [4.78, 5) is 37.1. The first kappa shape index (κ1) is 23.1. The van der Waals surface area contributed by atoms with Gasteiger partial charge in [0.1, 0.15) is 12.6 Å². The number of esters is 1. The van der Waals surface area contributed by atoms with Crippen LogP contribution in [0.1, 0.15) is 46.5 Å². The van der Waals surface area contributed by atoms with Crippen LogP contribution in [0.5, 0.6) is 0 Å². The molecule has 0 aliphatic rings. The maximum absolute atomic E-state index is 12.5. The lowest BCUT2D eigenvalue weighted by molar-refractivity contribution is -0.146. The molecular weight excluding hydrogens is 382 g/mol. The molecule has 1 N–H and O–H groups in total. The fourth-order valence-electron chi connectivity index (χ4n) is 2.95. The number of rotatable bonds is 8. The number of hydrogen-bond donors (Lipinski definition) is 1. The predicted molar refractivity (Wildman–Crippen MR) is 114 cm³/mol. The Morgan fingerprint density at radius 1 is 0.900 bits per heavy atom. The van der Waals surface area contributed by atoms with E-state index in [1.165, 1.54) is 0 Å². The normalized spacial score (nSPS) is 11.7. The van der Waals surface area contributed by atoms with E-state index >= 15 is 0 Å². The zero-order chi connectivity index (χ0) is 22.3. The first-order valence-corrected chi connectivity index (χ1v) is 9.94. The number of alkyl carbamates (subject to hydrolysis) is 1. The number of aryl methyl sites for hydroxylation is 3. The standard InChI is InChI=1S/C24H29NO5/c1-15(2)22(25-24(28)30-13-19-9-7-6-8-10-19)23(27)29-14-21(26)20-12-17(4)16(3)11-18(20)5/h6-12,15,22H,13-14H2,1-5H3,(H,25,28)/t22-/m0/s1. The van der Waals surface area contributed by atoms with Gasteiger partial charge in [-0.25, -0.2) is 9.59 Å². The van der Waals surface area contributed by atoms with Crippen molar-refractivity contribution >= 4 is 17.8 Å². The summed E-state index contributed by atoms with van der Waals surface area (Å²) in [6.07, 6.45) is -0.717. The highest BCUT2D eigenvalue weighted by Crippen LogP contribution is 2.16. The van der Waals surface area contributed by atoms with Crippen molar-refractivity contribution in [3.8, 4) is 0 Å². The molecule has 2 aromatic rings. The highest BCUT2D eigenvalue weighted by molar-refractivity contribution is 5.99. The largest absolute Gasteiger partial charge is 0.456 e. The van der Waals surface area contributed by atoms with Gasteiger partial charge in [-0.15, -0.1) is 0 Å². The van der Waals surface area contributed by atoms with E-state index < -0.39 is 18.1 Å². The molecule has 0 saturated heterocycles. The van der Waals surface area contributed by atoms with E-state index in [2.05, 4.69) is 5.32 Å². The second-order valence-electron chi connectivity index (χ2n) is 7.71. The lowest BCUT2D eigenvalue weighted by Gasteiger charge is -2.20. The van der Waals surface area contributed by atoms with Crippen LogP contribution in [0.2, 0.25) is 0 Å². The van der Waals surface area contributed by atoms with E-state index in [4.69, 9.17) is 9.47 Å². The Balaban J connectivity index is 1.92. The Bertz CT molecular complexity index is 905. The van der Waals surface area contributed by atoms with Gasteiger partial charge < -0.3 is 14.8 Å². The Labute approximate surface area is 177 Å². The van der Waals surface area contributed by atoms with Gasteiger partial charge in [0.05, 0.1) is 0 Å². The van der Waals surface area contributed by atoms with E-state index in [-0.39, 0.29) is 24.9 Å². The number of ketones is 1. The zero-order valence-corrected chi connectivity index (χ0v) is 18.2. The average Bonchev–Trinajstić information content (AvgIpc) is 2.71. The maximum atomic E-state index is 12.5. The zero-order valence-electron chi connectivity index (χ0n) is 18.2. The smallest absolute Gasteiger partial charge is 0.408 e. The summed E-state index contributed by atoms with van der Waals surface area (Å²) in [7, 11) is 0. The first-order chi connectivity index (χ1) is 14.2. The quantitative estimate of drug-likeness (QED) is 0.518. The van der Waals surface area contributed by atoms with Gasteiger partial charge in [0.25, 0.3) is 0 Å². The molecule has 0 aromatic heterocycles. The summed E-state index contributed by atoms with van der Waals surface area (Å²) < 4.78 is 10.4. The van der Waals surface area contributed by atoms with Crippen LogP contribution >= 0.6 is 0 Å². The molecule has 1 amide bonds. The van der Waals surface area contributed by atoms with Crippen LogP contribution in [0.4, 0.5) is 4.79 Å². The third-order valence-electron chi connectivity index (χ3n) is 4.89. The van der Waals surface area contributed by atoms with Crippen LogP contribution < -0.4 is 5.32 Å². The van der Waals surface area contributed by atoms with Crippen LogP contribution in [0, 0.1) is 26.7 Å². The number of nitrogens with one attached hydrogen (secondary N) is 1. The van der Waals surface area contributed by atoms with Crippen molar-refractivity contribution < 1.29 is 23.9 Å². The van der Waals surface area contributed by atoms with Crippen molar-refractivity contribution in [2.75, 3.05) is 6.61 Å². The number of amides is 1. The average molecular weight is 411 g/mol. The summed E-state index contributed by atoms with van der Waals surface area (Å²) in [5.74, 6) is -1.19. The number of Topliss-reactive ketones (excluding diaryl/α,β-unsaturated/α-hetero) is 1. The van der Waals surface area contributed by atoms with Crippen molar-refractivity contribution in [3.63, 3.8) is 0 Å². The van der Waals surface area contributed by atoms with Gasteiger partial charge in [0.2, 0.25) is 5.78 Å². The molecule has 0 fully saturated rings. The van der Waals surface area contributed by atoms with Gasteiger partial charge in [0, 0.05) is 5.56 Å². The molecule has 0 bridgehead atoms. The van der Waals surface area contributed by atoms with Crippen molar-refractivity contribution in [2.45, 2.75) is 47.3 Å². The molecule has 2 aromatic carbocycles. The minimum Gasteiger partial charge on any atom is -0.456 e. The van der Waals surface area contributed by atoms with Crippen LogP contribution in [0.25, 0.3) is 0 Å². The Kier molecular flexibility index (Phi) is 8.16. The third kappa shape index (κ3) is 6.44. The lowest BCUT2D eigenvalue weighted by atomic mass is 9.98. The van der Waals surface area contributed by atoms with E-state index in [1.807, 2.05) is 57.2 Å². The molecular formula is C24H29NO5. The second-order valence-corrected chi connectivity index (χ2v) is 7.71. The van der Waals surface area contributed by atoms with Crippen molar-refractivity contribution in [3.05, 3.63) is 70.3 Å². The first-order valence-electron chi connectivity index (χ1n) is 9.94. The molecule has 30 heavy (non-hydrogen) atoms. The van der Waals surface area contributed by atoms with Gasteiger partial charge >= 0.3 is 12.1 Å². The number of benzene rings is 2. The molecule has 6 nitrogen and oxygen atoms in total. The molecule has 2 rings (SSSR count). The molecule has 0 aliphatic heterocycles. The van der Waals surface area contributed by atoms with Gasteiger partial charge in [0.15, 0.2) is 6.61 Å². The van der Waals surface area contributed by atoms with Gasteiger partial charge in [-0.2, -0.15) is 0 Å². The maximum Gasteiger partial charge on any atom is 0.408 e. The summed E-state index contributed by atoms with van der Waals surface area (Å²) in [6, 6.07) is 12.1. The Morgan fingerprint density at radius 3 is 2.17 bits per heavy atom. The predicted octanol–water partition coefficient (Wildman–Crippen LogP) is 4.29.